The van der Waals surface area contributed by atoms with Crippen molar-refractivity contribution in [2.75, 3.05) is 0 Å². The molecule has 208 valence electrons. The Balaban J connectivity index is 1.33. The van der Waals surface area contributed by atoms with Gasteiger partial charge in [-0.1, -0.05) is 133 Å². The second-order valence-corrected chi connectivity index (χ2v) is 13.1. The molecule has 0 unspecified atom stereocenters. The number of benzene rings is 9. The van der Waals surface area contributed by atoms with Gasteiger partial charge in [0.1, 0.15) is 0 Å². The van der Waals surface area contributed by atoms with E-state index in [1.54, 1.807) is 0 Å². The van der Waals surface area contributed by atoms with Crippen molar-refractivity contribution >= 4 is 74.6 Å². The summed E-state index contributed by atoms with van der Waals surface area (Å²) >= 11 is 1.90. The summed E-state index contributed by atoms with van der Waals surface area (Å²) in [5.41, 5.74) is 7.66. The maximum Gasteiger partial charge on any atom is 0.0361 e. The molecular weight excluding hydrogens is 561 g/mol. The van der Waals surface area contributed by atoms with E-state index in [1.807, 2.05) is 11.3 Å². The van der Waals surface area contributed by atoms with Gasteiger partial charge in [0.25, 0.3) is 0 Å². The lowest BCUT2D eigenvalue weighted by molar-refractivity contribution is 1.62. The second kappa shape index (κ2) is 9.50. The molecule has 0 amide bonds. The molecule has 10 aromatic rings. The fraction of sp³-hybridized carbons (Fsp3) is 0. The number of hydrogen-bond acceptors (Lipinski definition) is 1. The van der Waals surface area contributed by atoms with Crippen LogP contribution in [0.15, 0.2) is 158 Å². The third kappa shape index (κ3) is 3.59. The van der Waals surface area contributed by atoms with Crippen molar-refractivity contribution < 1.29 is 0 Å². The highest BCUT2D eigenvalue weighted by molar-refractivity contribution is 7.26. The van der Waals surface area contributed by atoms with E-state index in [1.165, 1.54) is 96.6 Å². The molecule has 0 N–H and O–H groups in total. The van der Waals surface area contributed by atoms with Gasteiger partial charge in [-0.05, 0) is 101 Å². The molecule has 0 atom stereocenters. The monoisotopic (exact) mass is 586 g/mol. The van der Waals surface area contributed by atoms with Crippen LogP contribution in [0.1, 0.15) is 0 Å². The minimum absolute atomic E-state index is 1.24. The van der Waals surface area contributed by atoms with Crippen molar-refractivity contribution in [3.05, 3.63) is 158 Å². The Hall–Kier alpha value is -5.50. The molecule has 9 aromatic carbocycles. The van der Waals surface area contributed by atoms with E-state index in [4.69, 9.17) is 0 Å². The molecule has 0 bridgehead atoms. The molecule has 1 aromatic heterocycles. The Labute approximate surface area is 264 Å². The lowest BCUT2D eigenvalue weighted by atomic mass is 9.82. The molecule has 1 heterocycles. The predicted molar refractivity (Wildman–Crippen MR) is 197 cm³/mol. The molecule has 1 heteroatoms. The minimum atomic E-state index is 1.24. The molecule has 0 radical (unpaired) electrons. The Morgan fingerprint density at radius 3 is 1.58 bits per heavy atom. The zero-order chi connectivity index (χ0) is 29.5. The van der Waals surface area contributed by atoms with Gasteiger partial charge in [-0.25, -0.2) is 0 Å². The van der Waals surface area contributed by atoms with Crippen molar-refractivity contribution in [3.63, 3.8) is 0 Å². The molecule has 0 fully saturated rings. The Morgan fingerprint density at radius 1 is 0.311 bits per heavy atom. The molecule has 0 aliphatic rings. The van der Waals surface area contributed by atoms with E-state index in [9.17, 15) is 0 Å². The molecule has 0 nitrogen and oxygen atoms in total. The van der Waals surface area contributed by atoms with Crippen LogP contribution in [0.25, 0.3) is 96.6 Å². The van der Waals surface area contributed by atoms with Crippen LogP contribution in [0.4, 0.5) is 0 Å². The van der Waals surface area contributed by atoms with Crippen LogP contribution < -0.4 is 0 Å². The normalized spacial score (nSPS) is 12.0. The summed E-state index contributed by atoms with van der Waals surface area (Å²) < 4.78 is 2.72. The second-order valence-electron chi connectivity index (χ2n) is 12.0. The van der Waals surface area contributed by atoms with Crippen molar-refractivity contribution in [2.45, 2.75) is 0 Å². The molecule has 45 heavy (non-hydrogen) atoms. The van der Waals surface area contributed by atoms with Gasteiger partial charge < -0.3 is 0 Å². The molecule has 0 aliphatic heterocycles. The fourth-order valence-electron chi connectivity index (χ4n) is 7.70. The van der Waals surface area contributed by atoms with Crippen LogP contribution >= 0.6 is 11.3 Å². The average molecular weight is 587 g/mol. The van der Waals surface area contributed by atoms with E-state index in [-0.39, 0.29) is 0 Å². The van der Waals surface area contributed by atoms with Crippen LogP contribution in [0.2, 0.25) is 0 Å². The number of rotatable bonds is 3. The number of fused-ring (bicyclic) bond motifs is 3. The minimum Gasteiger partial charge on any atom is -0.135 e. The van der Waals surface area contributed by atoms with Crippen molar-refractivity contribution in [3.8, 4) is 33.4 Å². The van der Waals surface area contributed by atoms with Crippen LogP contribution in [-0.2, 0) is 0 Å². The lowest BCUT2D eigenvalue weighted by Crippen LogP contribution is -1.93. The van der Waals surface area contributed by atoms with E-state index < -0.39 is 0 Å². The van der Waals surface area contributed by atoms with Crippen LogP contribution in [0, 0.1) is 0 Å². The van der Waals surface area contributed by atoms with Gasteiger partial charge in [-0.2, -0.15) is 0 Å². The first-order valence-corrected chi connectivity index (χ1v) is 16.3. The van der Waals surface area contributed by atoms with Gasteiger partial charge in [0, 0.05) is 20.2 Å². The van der Waals surface area contributed by atoms with Gasteiger partial charge in [0.15, 0.2) is 0 Å². The van der Waals surface area contributed by atoms with Gasteiger partial charge in [-0.15, -0.1) is 11.3 Å². The quantitative estimate of drug-likeness (QED) is 0.143. The standard InChI is InChI=1S/C44H26S/c1-2-12-28-25-29(24-23-27(28)11-1)31-14-3-4-15-32(31)42-33-16-5-7-18-35(33)43(36-19-8-6-17-34(36)42)38-26-30-13-9-21-39-41(30)44-37(38)20-10-22-40(44)45-39/h1-26H. The first-order valence-electron chi connectivity index (χ1n) is 15.5. The van der Waals surface area contributed by atoms with Crippen LogP contribution in [0.5, 0.6) is 0 Å². The third-order valence-corrected chi connectivity index (χ3v) is 10.7. The van der Waals surface area contributed by atoms with Crippen molar-refractivity contribution in [1.82, 2.24) is 0 Å². The smallest absolute Gasteiger partial charge is 0.0361 e. The summed E-state index contributed by atoms with van der Waals surface area (Å²) in [6.45, 7) is 0. The van der Waals surface area contributed by atoms with Crippen LogP contribution in [0.3, 0.4) is 0 Å². The van der Waals surface area contributed by atoms with E-state index in [2.05, 4.69) is 158 Å². The maximum atomic E-state index is 2.44. The molecule has 0 aliphatic carbocycles. The molecule has 0 saturated heterocycles. The van der Waals surface area contributed by atoms with E-state index in [0.717, 1.165) is 0 Å². The summed E-state index contributed by atoms with van der Waals surface area (Å²) in [6, 6.07) is 58.5. The number of thiophene rings is 1. The first-order chi connectivity index (χ1) is 22.3. The summed E-state index contributed by atoms with van der Waals surface area (Å²) in [5, 5.41) is 13.1. The van der Waals surface area contributed by atoms with Crippen LogP contribution in [-0.4, -0.2) is 0 Å². The van der Waals surface area contributed by atoms with Gasteiger partial charge in [-0.3, -0.25) is 0 Å². The molecule has 10 rings (SSSR count). The van der Waals surface area contributed by atoms with Gasteiger partial charge >= 0.3 is 0 Å². The predicted octanol–water partition coefficient (Wildman–Crippen LogP) is 13.1. The summed E-state index contributed by atoms with van der Waals surface area (Å²) in [5.74, 6) is 0. The highest BCUT2D eigenvalue weighted by Gasteiger charge is 2.22. The molecular formula is C44H26S. The van der Waals surface area contributed by atoms with Crippen molar-refractivity contribution in [2.24, 2.45) is 0 Å². The average Bonchev–Trinajstić information content (AvgIpc) is 3.49. The third-order valence-electron chi connectivity index (χ3n) is 9.60. The topological polar surface area (TPSA) is 0 Å². The lowest BCUT2D eigenvalue weighted by Gasteiger charge is -2.21. The van der Waals surface area contributed by atoms with Crippen molar-refractivity contribution in [1.29, 1.82) is 0 Å². The van der Waals surface area contributed by atoms with Gasteiger partial charge in [0.05, 0.1) is 0 Å². The summed E-state index contributed by atoms with van der Waals surface area (Å²) in [4.78, 5) is 0. The Kier molecular flexibility index (Phi) is 5.25. The zero-order valence-electron chi connectivity index (χ0n) is 24.4. The Bertz CT molecular complexity index is 2700. The SMILES string of the molecule is c1ccc(-c2c3ccccc3c(-c3cc4cccc5sc6cccc3c6c45)c3ccccc23)c(-c2ccc3ccccc3c2)c1. The summed E-state index contributed by atoms with van der Waals surface area (Å²) in [7, 11) is 0. The highest BCUT2D eigenvalue weighted by atomic mass is 32.1. The number of hydrogen-bond donors (Lipinski definition) is 0. The first kappa shape index (κ1) is 24.9. The summed E-state index contributed by atoms with van der Waals surface area (Å²) in [6.07, 6.45) is 0. The Morgan fingerprint density at radius 2 is 0.844 bits per heavy atom. The zero-order valence-corrected chi connectivity index (χ0v) is 25.2. The highest BCUT2D eigenvalue weighted by Crippen LogP contribution is 2.50. The van der Waals surface area contributed by atoms with Gasteiger partial charge in [0.2, 0.25) is 0 Å². The van der Waals surface area contributed by atoms with E-state index in [0.29, 0.717) is 0 Å². The van der Waals surface area contributed by atoms with E-state index >= 15 is 0 Å². The maximum absolute atomic E-state index is 2.44. The largest absolute Gasteiger partial charge is 0.135 e. The molecule has 0 spiro atoms. The molecule has 0 saturated carbocycles. The fourth-order valence-corrected chi connectivity index (χ4v) is 8.86.